The van der Waals surface area contributed by atoms with E-state index in [1.807, 2.05) is 23.1 Å². The summed E-state index contributed by atoms with van der Waals surface area (Å²) in [5.74, 6) is -1.000. The second kappa shape index (κ2) is 11.9. The number of aromatic carboxylic acids is 1. The lowest BCUT2D eigenvalue weighted by atomic mass is 10.0. The van der Waals surface area contributed by atoms with E-state index in [0.29, 0.717) is 33.2 Å². The SMILES string of the molecule is O=C(O)c1ccc(-c2cnn(C(c3cn(C4CCNCC4)nn3)c3ccc(-c4cc(Cl)ccc4-n4cnnn4)c[n+]3[O-])c2)cc1. The average Bonchev–Trinajstić information content (AvgIpc) is 3.86. The molecule has 0 aliphatic carbocycles. The summed E-state index contributed by atoms with van der Waals surface area (Å²) in [6, 6.07) is 14.9. The zero-order valence-corrected chi connectivity index (χ0v) is 24.4. The Labute approximate surface area is 261 Å². The quantitative estimate of drug-likeness (QED) is 0.189. The fraction of sp³-hybridized carbons (Fsp3) is 0.200. The van der Waals surface area contributed by atoms with Crippen molar-refractivity contribution < 1.29 is 14.6 Å². The van der Waals surface area contributed by atoms with Crippen LogP contribution in [0.25, 0.3) is 27.9 Å². The summed E-state index contributed by atoms with van der Waals surface area (Å²) >= 11 is 6.35. The van der Waals surface area contributed by atoms with Crippen molar-refractivity contribution >= 4 is 17.6 Å². The Morgan fingerprint density at radius 1 is 1.02 bits per heavy atom. The van der Waals surface area contributed by atoms with Gasteiger partial charge in [0.15, 0.2) is 12.2 Å². The summed E-state index contributed by atoms with van der Waals surface area (Å²) in [6.45, 7) is 1.79. The lowest BCUT2D eigenvalue weighted by Gasteiger charge is -2.22. The first-order chi connectivity index (χ1) is 21.9. The Hall–Kier alpha value is -5.47. The number of carbonyl (C=O) groups is 1. The zero-order valence-electron chi connectivity index (χ0n) is 23.7. The molecule has 5 heterocycles. The number of benzene rings is 2. The second-order valence-electron chi connectivity index (χ2n) is 10.7. The average molecular weight is 624 g/mol. The second-order valence-corrected chi connectivity index (χ2v) is 11.1. The van der Waals surface area contributed by atoms with E-state index in [9.17, 15) is 15.1 Å². The third-order valence-electron chi connectivity index (χ3n) is 7.91. The van der Waals surface area contributed by atoms with E-state index in [2.05, 4.69) is 36.3 Å². The Bertz CT molecular complexity index is 1970. The van der Waals surface area contributed by atoms with Gasteiger partial charge in [-0.25, -0.2) is 9.48 Å². The molecule has 0 saturated carbocycles. The highest BCUT2D eigenvalue weighted by molar-refractivity contribution is 6.31. The van der Waals surface area contributed by atoms with E-state index in [0.717, 1.165) is 41.8 Å². The molecule has 7 rings (SSSR count). The molecule has 45 heavy (non-hydrogen) atoms. The molecule has 1 aliphatic heterocycles. The number of pyridine rings is 1. The van der Waals surface area contributed by atoms with Crippen LogP contribution < -0.4 is 10.0 Å². The van der Waals surface area contributed by atoms with Crippen molar-refractivity contribution in [2.24, 2.45) is 0 Å². The zero-order chi connectivity index (χ0) is 30.9. The van der Waals surface area contributed by atoms with Crippen molar-refractivity contribution in [2.45, 2.75) is 24.9 Å². The molecule has 226 valence electrons. The summed E-state index contributed by atoms with van der Waals surface area (Å²) in [4.78, 5) is 11.3. The topological polar surface area (TPSA) is 168 Å². The summed E-state index contributed by atoms with van der Waals surface area (Å²) in [6.07, 6.45) is 10.2. The monoisotopic (exact) mass is 623 g/mol. The molecule has 1 fully saturated rings. The fourth-order valence-corrected chi connectivity index (χ4v) is 5.77. The van der Waals surface area contributed by atoms with Gasteiger partial charge in [-0.05, 0) is 78.3 Å². The molecule has 2 aromatic carbocycles. The highest BCUT2D eigenvalue weighted by atomic mass is 35.5. The highest BCUT2D eigenvalue weighted by Crippen LogP contribution is 2.31. The standard InChI is InChI=1S/C30H26ClN11O3/c31-23-6-8-27(41-18-33-36-38-41)25(13-23)21-5-7-28(42(45)16-21)29(26-17-39(37-35-26)24-9-11-32-12-10-24)40-15-22(14-34-40)19-1-3-20(4-2-19)30(43)44/h1-8,13-18,24,29,32H,9-12H2,(H,43,44). The number of aromatic nitrogens is 10. The molecule has 1 aliphatic rings. The summed E-state index contributed by atoms with van der Waals surface area (Å²) in [5.41, 5.74) is 4.59. The molecule has 6 aromatic rings. The molecule has 1 atom stereocenters. The first-order valence-electron chi connectivity index (χ1n) is 14.2. The molecule has 0 radical (unpaired) electrons. The molecule has 14 nitrogen and oxygen atoms in total. The smallest absolute Gasteiger partial charge is 0.335 e. The minimum atomic E-state index is -1.000. The number of nitrogens with zero attached hydrogens (tertiary/aromatic N) is 10. The first-order valence-corrected chi connectivity index (χ1v) is 14.6. The van der Waals surface area contributed by atoms with Crippen LogP contribution in [0.15, 0.2) is 85.7 Å². The molecule has 0 bridgehead atoms. The van der Waals surface area contributed by atoms with Gasteiger partial charge in [-0.2, -0.15) is 14.5 Å². The van der Waals surface area contributed by atoms with Gasteiger partial charge in [-0.3, -0.25) is 4.68 Å². The van der Waals surface area contributed by atoms with Gasteiger partial charge in [0, 0.05) is 34.0 Å². The molecule has 1 saturated heterocycles. The number of carboxylic acid groups (broad SMARTS) is 1. The van der Waals surface area contributed by atoms with Gasteiger partial charge in [0.2, 0.25) is 5.69 Å². The van der Waals surface area contributed by atoms with Gasteiger partial charge < -0.3 is 15.6 Å². The van der Waals surface area contributed by atoms with E-state index < -0.39 is 12.0 Å². The minimum Gasteiger partial charge on any atom is -0.618 e. The molecular weight excluding hydrogens is 598 g/mol. The maximum atomic E-state index is 13.8. The third-order valence-corrected chi connectivity index (χ3v) is 8.15. The number of hydrogen-bond donors (Lipinski definition) is 2. The number of halogens is 1. The lowest BCUT2D eigenvalue weighted by molar-refractivity contribution is -0.615. The predicted molar refractivity (Wildman–Crippen MR) is 162 cm³/mol. The number of piperidine rings is 1. The van der Waals surface area contributed by atoms with Crippen molar-refractivity contribution in [1.82, 2.24) is 50.3 Å². The van der Waals surface area contributed by atoms with Crippen LogP contribution >= 0.6 is 11.6 Å². The lowest BCUT2D eigenvalue weighted by Crippen LogP contribution is -2.36. The maximum Gasteiger partial charge on any atom is 0.335 e. The molecule has 0 spiro atoms. The molecule has 2 N–H and O–H groups in total. The Morgan fingerprint density at radius 2 is 1.82 bits per heavy atom. The van der Waals surface area contributed by atoms with E-state index in [-0.39, 0.29) is 11.6 Å². The number of tetrazole rings is 1. The Morgan fingerprint density at radius 3 is 2.56 bits per heavy atom. The van der Waals surface area contributed by atoms with Crippen LogP contribution in [0.2, 0.25) is 5.02 Å². The largest absolute Gasteiger partial charge is 0.618 e. The molecule has 0 amide bonds. The van der Waals surface area contributed by atoms with Crippen LogP contribution in [-0.2, 0) is 0 Å². The van der Waals surface area contributed by atoms with Crippen LogP contribution in [0.5, 0.6) is 0 Å². The molecule has 1 unspecified atom stereocenters. The van der Waals surface area contributed by atoms with Crippen molar-refractivity contribution in [3.8, 4) is 27.9 Å². The van der Waals surface area contributed by atoms with E-state index >= 15 is 0 Å². The van der Waals surface area contributed by atoms with E-state index in [1.165, 1.54) is 17.2 Å². The summed E-state index contributed by atoms with van der Waals surface area (Å²) in [5, 5.41) is 52.0. The number of hydrogen-bond acceptors (Lipinski definition) is 9. The maximum absolute atomic E-state index is 13.8. The molecular formula is C30H26ClN11O3. The number of nitrogens with one attached hydrogen (secondary N) is 1. The normalized spacial score (nSPS) is 14.4. The predicted octanol–water partition coefficient (Wildman–Crippen LogP) is 3.33. The van der Waals surface area contributed by atoms with Crippen LogP contribution in [-0.4, -0.2) is 69.1 Å². The van der Waals surface area contributed by atoms with Gasteiger partial charge in [-0.1, -0.05) is 28.9 Å². The first kappa shape index (κ1) is 28.3. The Kier molecular flexibility index (Phi) is 7.49. The van der Waals surface area contributed by atoms with Crippen LogP contribution in [0, 0.1) is 5.21 Å². The third kappa shape index (κ3) is 5.63. The summed E-state index contributed by atoms with van der Waals surface area (Å²) in [7, 11) is 0. The molecule has 4 aromatic heterocycles. The van der Waals surface area contributed by atoms with Gasteiger partial charge in [0.1, 0.15) is 12.0 Å². The van der Waals surface area contributed by atoms with Crippen LogP contribution in [0.3, 0.4) is 0 Å². The van der Waals surface area contributed by atoms with Crippen LogP contribution in [0.4, 0.5) is 0 Å². The van der Waals surface area contributed by atoms with Crippen LogP contribution in [0.1, 0.15) is 46.7 Å². The summed E-state index contributed by atoms with van der Waals surface area (Å²) < 4.78 is 5.85. The van der Waals surface area contributed by atoms with Crippen molar-refractivity contribution in [3.05, 3.63) is 113 Å². The highest BCUT2D eigenvalue weighted by Gasteiger charge is 2.30. The van der Waals surface area contributed by atoms with E-state index in [1.54, 1.807) is 59.4 Å². The van der Waals surface area contributed by atoms with Gasteiger partial charge in [0.25, 0.3) is 0 Å². The fourth-order valence-electron chi connectivity index (χ4n) is 5.60. The number of rotatable bonds is 8. The van der Waals surface area contributed by atoms with Crippen molar-refractivity contribution in [2.75, 3.05) is 13.1 Å². The molecule has 15 heteroatoms. The van der Waals surface area contributed by atoms with Crippen molar-refractivity contribution in [1.29, 1.82) is 0 Å². The van der Waals surface area contributed by atoms with E-state index in [4.69, 9.17) is 11.6 Å². The van der Waals surface area contributed by atoms with Crippen molar-refractivity contribution in [3.63, 3.8) is 0 Å². The minimum absolute atomic E-state index is 0.189. The van der Waals surface area contributed by atoms with Gasteiger partial charge in [-0.15, -0.1) is 10.2 Å². The Balaban J connectivity index is 1.30. The van der Waals surface area contributed by atoms with Gasteiger partial charge >= 0.3 is 5.97 Å². The number of carboxylic acids is 1. The van der Waals surface area contributed by atoms with Gasteiger partial charge in [0.05, 0.1) is 29.7 Å².